The van der Waals surface area contributed by atoms with Crippen molar-refractivity contribution in [2.75, 3.05) is 19.8 Å². The van der Waals surface area contributed by atoms with Crippen LogP contribution < -0.4 is 5.73 Å². The number of hydrogen-bond acceptors (Lipinski definition) is 4. The lowest BCUT2D eigenvalue weighted by Gasteiger charge is -2.02. The standard InChI is InChI=1S/C10H17NO2S/c1-2-12-5-6-13-8-10-4-3-9(7-11)14-10/h3-4H,2,5-8,11H2,1H3. The summed E-state index contributed by atoms with van der Waals surface area (Å²) in [5.41, 5.74) is 5.51. The molecule has 2 N–H and O–H groups in total. The van der Waals surface area contributed by atoms with Crippen molar-refractivity contribution in [1.82, 2.24) is 0 Å². The molecule has 0 fully saturated rings. The molecule has 14 heavy (non-hydrogen) atoms. The van der Waals surface area contributed by atoms with Gasteiger partial charge in [-0.3, -0.25) is 0 Å². The van der Waals surface area contributed by atoms with Gasteiger partial charge in [0, 0.05) is 22.9 Å². The van der Waals surface area contributed by atoms with Gasteiger partial charge in [-0.05, 0) is 19.1 Å². The van der Waals surface area contributed by atoms with Crippen LogP contribution in [-0.4, -0.2) is 19.8 Å². The summed E-state index contributed by atoms with van der Waals surface area (Å²) >= 11 is 1.71. The van der Waals surface area contributed by atoms with Crippen LogP contribution in [0.4, 0.5) is 0 Å². The number of rotatable bonds is 7. The third kappa shape index (κ3) is 4.19. The first-order valence-corrected chi connectivity index (χ1v) is 5.61. The summed E-state index contributed by atoms with van der Waals surface area (Å²) in [7, 11) is 0. The minimum absolute atomic E-state index is 0.615. The van der Waals surface area contributed by atoms with Gasteiger partial charge in [-0.1, -0.05) is 0 Å². The molecule has 0 spiro atoms. The molecule has 1 aromatic rings. The number of hydrogen-bond donors (Lipinski definition) is 1. The molecule has 1 rings (SSSR count). The molecule has 0 saturated carbocycles. The van der Waals surface area contributed by atoms with Crippen LogP contribution >= 0.6 is 11.3 Å². The fourth-order valence-corrected chi connectivity index (χ4v) is 1.88. The van der Waals surface area contributed by atoms with E-state index in [-0.39, 0.29) is 0 Å². The molecule has 0 aliphatic carbocycles. The summed E-state index contributed by atoms with van der Waals surface area (Å²) in [5, 5.41) is 0. The SMILES string of the molecule is CCOCCOCc1ccc(CN)s1. The zero-order valence-corrected chi connectivity index (χ0v) is 9.31. The lowest BCUT2D eigenvalue weighted by Crippen LogP contribution is -2.03. The molecule has 0 radical (unpaired) electrons. The van der Waals surface area contributed by atoms with E-state index in [2.05, 4.69) is 6.07 Å². The molecule has 1 aromatic heterocycles. The molecule has 0 aliphatic heterocycles. The van der Waals surface area contributed by atoms with Crippen LogP contribution in [-0.2, 0) is 22.6 Å². The number of ether oxygens (including phenoxy) is 2. The maximum Gasteiger partial charge on any atom is 0.0810 e. The quantitative estimate of drug-likeness (QED) is 0.705. The maximum atomic E-state index is 5.51. The molecule has 0 saturated heterocycles. The predicted molar refractivity (Wildman–Crippen MR) is 58.4 cm³/mol. The van der Waals surface area contributed by atoms with E-state index in [1.807, 2.05) is 13.0 Å². The van der Waals surface area contributed by atoms with Gasteiger partial charge < -0.3 is 15.2 Å². The minimum Gasteiger partial charge on any atom is -0.379 e. The third-order valence-corrected chi connectivity index (χ3v) is 2.82. The van der Waals surface area contributed by atoms with Gasteiger partial charge in [-0.25, -0.2) is 0 Å². The molecule has 0 atom stereocenters. The molecule has 0 aliphatic rings. The third-order valence-electron chi connectivity index (χ3n) is 1.74. The van der Waals surface area contributed by atoms with Crippen molar-refractivity contribution in [2.45, 2.75) is 20.1 Å². The lowest BCUT2D eigenvalue weighted by atomic mass is 10.4. The van der Waals surface area contributed by atoms with E-state index in [9.17, 15) is 0 Å². The van der Waals surface area contributed by atoms with Crippen LogP contribution in [0.1, 0.15) is 16.7 Å². The summed E-state index contributed by atoms with van der Waals surface area (Å²) in [6.45, 7) is 5.34. The first-order valence-electron chi connectivity index (χ1n) is 4.80. The predicted octanol–water partition coefficient (Wildman–Crippen LogP) is 1.76. The van der Waals surface area contributed by atoms with Gasteiger partial charge in [-0.15, -0.1) is 11.3 Å². The van der Waals surface area contributed by atoms with Crippen LogP contribution in [0.3, 0.4) is 0 Å². The number of thiophene rings is 1. The van der Waals surface area contributed by atoms with Gasteiger partial charge in [0.05, 0.1) is 19.8 Å². The van der Waals surface area contributed by atoms with Crippen LogP contribution in [0.5, 0.6) is 0 Å². The average molecular weight is 215 g/mol. The molecule has 4 heteroatoms. The van der Waals surface area contributed by atoms with Gasteiger partial charge in [-0.2, -0.15) is 0 Å². The van der Waals surface area contributed by atoms with Crippen molar-refractivity contribution in [3.8, 4) is 0 Å². The Morgan fingerprint density at radius 3 is 2.57 bits per heavy atom. The fourth-order valence-electron chi connectivity index (χ4n) is 1.04. The Hall–Kier alpha value is -0.420. The average Bonchev–Trinajstić information content (AvgIpc) is 2.65. The van der Waals surface area contributed by atoms with E-state index in [1.54, 1.807) is 11.3 Å². The summed E-state index contributed by atoms with van der Waals surface area (Å²) < 4.78 is 10.6. The van der Waals surface area contributed by atoms with Crippen LogP contribution in [0.2, 0.25) is 0 Å². The van der Waals surface area contributed by atoms with Crippen molar-refractivity contribution >= 4 is 11.3 Å². The largest absolute Gasteiger partial charge is 0.379 e. The van der Waals surface area contributed by atoms with E-state index in [4.69, 9.17) is 15.2 Å². The summed E-state index contributed by atoms with van der Waals surface area (Å²) in [6.07, 6.45) is 0. The first-order chi connectivity index (χ1) is 6.86. The Bertz CT molecular complexity index is 250. The van der Waals surface area contributed by atoms with Gasteiger partial charge in [0.15, 0.2) is 0 Å². The summed E-state index contributed by atoms with van der Waals surface area (Å²) in [4.78, 5) is 2.43. The van der Waals surface area contributed by atoms with E-state index in [0.29, 0.717) is 26.4 Å². The van der Waals surface area contributed by atoms with Crippen molar-refractivity contribution in [2.24, 2.45) is 5.73 Å². The number of nitrogens with two attached hydrogens (primary N) is 1. The van der Waals surface area contributed by atoms with Gasteiger partial charge in [0.25, 0.3) is 0 Å². The normalized spacial score (nSPS) is 10.7. The van der Waals surface area contributed by atoms with Crippen LogP contribution in [0, 0.1) is 0 Å². The second-order valence-corrected chi connectivity index (χ2v) is 4.07. The van der Waals surface area contributed by atoms with Crippen molar-refractivity contribution in [3.63, 3.8) is 0 Å². The molecule has 3 nitrogen and oxygen atoms in total. The zero-order chi connectivity index (χ0) is 10.2. The summed E-state index contributed by atoms with van der Waals surface area (Å²) in [5.74, 6) is 0. The highest BCUT2D eigenvalue weighted by molar-refractivity contribution is 7.11. The van der Waals surface area contributed by atoms with Crippen molar-refractivity contribution in [3.05, 3.63) is 21.9 Å². The zero-order valence-electron chi connectivity index (χ0n) is 8.49. The lowest BCUT2D eigenvalue weighted by molar-refractivity contribution is 0.0462. The summed E-state index contributed by atoms with van der Waals surface area (Å²) in [6, 6.07) is 4.11. The van der Waals surface area contributed by atoms with E-state index in [1.165, 1.54) is 9.75 Å². The van der Waals surface area contributed by atoms with Gasteiger partial charge >= 0.3 is 0 Å². The molecule has 0 amide bonds. The molecular weight excluding hydrogens is 198 g/mol. The minimum atomic E-state index is 0.615. The molecule has 0 aromatic carbocycles. The second-order valence-electron chi connectivity index (χ2n) is 2.82. The van der Waals surface area contributed by atoms with E-state index in [0.717, 1.165) is 6.61 Å². The monoisotopic (exact) mass is 215 g/mol. The van der Waals surface area contributed by atoms with Crippen LogP contribution in [0.15, 0.2) is 12.1 Å². The molecule has 0 unspecified atom stereocenters. The highest BCUT2D eigenvalue weighted by atomic mass is 32.1. The first kappa shape index (κ1) is 11.7. The smallest absolute Gasteiger partial charge is 0.0810 e. The Morgan fingerprint density at radius 1 is 1.21 bits per heavy atom. The molecule has 80 valence electrons. The van der Waals surface area contributed by atoms with E-state index >= 15 is 0 Å². The Labute approximate surface area is 88.8 Å². The van der Waals surface area contributed by atoms with Crippen molar-refractivity contribution in [1.29, 1.82) is 0 Å². The topological polar surface area (TPSA) is 44.5 Å². The van der Waals surface area contributed by atoms with Gasteiger partial charge in [0.2, 0.25) is 0 Å². The Kier molecular flexibility index (Phi) is 5.78. The molecule has 0 bridgehead atoms. The Morgan fingerprint density at radius 2 is 1.93 bits per heavy atom. The van der Waals surface area contributed by atoms with E-state index < -0.39 is 0 Å². The Balaban J connectivity index is 2.12. The fraction of sp³-hybridized carbons (Fsp3) is 0.600. The molecule has 1 heterocycles. The highest BCUT2D eigenvalue weighted by Crippen LogP contribution is 2.16. The maximum absolute atomic E-state index is 5.51. The van der Waals surface area contributed by atoms with Gasteiger partial charge in [0.1, 0.15) is 0 Å². The molecular formula is C10H17NO2S. The highest BCUT2D eigenvalue weighted by Gasteiger charge is 1.98. The van der Waals surface area contributed by atoms with Crippen molar-refractivity contribution < 1.29 is 9.47 Å². The second kappa shape index (κ2) is 6.95. The van der Waals surface area contributed by atoms with Crippen LogP contribution in [0.25, 0.3) is 0 Å².